The van der Waals surface area contributed by atoms with Crippen LogP contribution in [0.4, 0.5) is 0 Å². The summed E-state index contributed by atoms with van der Waals surface area (Å²) in [5, 5.41) is 9.08. The maximum atomic E-state index is 11.0. The van der Waals surface area contributed by atoms with E-state index in [0.717, 1.165) is 37.9 Å². The Hall–Kier alpha value is -2.03. The summed E-state index contributed by atoms with van der Waals surface area (Å²) in [6.45, 7) is 0. The van der Waals surface area contributed by atoms with E-state index in [-0.39, 0.29) is 5.92 Å². The average Bonchev–Trinajstić information content (AvgIpc) is 2.62. The molecule has 122 valence electrons. The Morgan fingerprint density at radius 3 is 2.17 bits per heavy atom. The SMILES string of the molecule is COc1ccc(C2CC=C(C3=CCC(C(=O)O)CC3)CC2)cc1. The van der Waals surface area contributed by atoms with E-state index in [0.29, 0.717) is 12.3 Å². The topological polar surface area (TPSA) is 46.5 Å². The van der Waals surface area contributed by atoms with Crippen LogP contribution >= 0.6 is 0 Å². The number of aliphatic carboxylic acids is 1. The molecule has 0 aliphatic heterocycles. The van der Waals surface area contributed by atoms with Gasteiger partial charge < -0.3 is 9.84 Å². The van der Waals surface area contributed by atoms with E-state index in [1.165, 1.54) is 16.7 Å². The highest BCUT2D eigenvalue weighted by atomic mass is 16.5. The molecule has 3 rings (SSSR count). The zero-order valence-corrected chi connectivity index (χ0v) is 13.6. The van der Waals surface area contributed by atoms with Gasteiger partial charge in [0.25, 0.3) is 0 Å². The van der Waals surface area contributed by atoms with Gasteiger partial charge >= 0.3 is 5.97 Å². The van der Waals surface area contributed by atoms with Crippen LogP contribution in [0.3, 0.4) is 0 Å². The summed E-state index contributed by atoms with van der Waals surface area (Å²) in [4.78, 5) is 11.0. The second-order valence-corrected chi connectivity index (χ2v) is 6.51. The lowest BCUT2D eigenvalue weighted by atomic mass is 9.79. The number of hydrogen-bond acceptors (Lipinski definition) is 2. The molecule has 23 heavy (non-hydrogen) atoms. The summed E-state index contributed by atoms with van der Waals surface area (Å²) in [6, 6.07) is 8.40. The summed E-state index contributed by atoms with van der Waals surface area (Å²) < 4.78 is 5.22. The quantitative estimate of drug-likeness (QED) is 0.876. The predicted molar refractivity (Wildman–Crippen MR) is 90.7 cm³/mol. The van der Waals surface area contributed by atoms with Crippen molar-refractivity contribution in [1.29, 1.82) is 0 Å². The normalized spacial score (nSPS) is 24.6. The van der Waals surface area contributed by atoms with Crippen molar-refractivity contribution in [3.63, 3.8) is 0 Å². The fourth-order valence-electron chi connectivity index (χ4n) is 3.65. The minimum Gasteiger partial charge on any atom is -0.497 e. The molecular weight excluding hydrogens is 288 g/mol. The smallest absolute Gasteiger partial charge is 0.306 e. The molecule has 3 nitrogen and oxygen atoms in total. The van der Waals surface area contributed by atoms with Crippen molar-refractivity contribution in [2.24, 2.45) is 5.92 Å². The van der Waals surface area contributed by atoms with Crippen molar-refractivity contribution in [2.75, 3.05) is 7.11 Å². The van der Waals surface area contributed by atoms with Gasteiger partial charge in [-0.25, -0.2) is 0 Å². The summed E-state index contributed by atoms with van der Waals surface area (Å²) in [5.74, 6) is 0.647. The Labute approximate surface area is 137 Å². The van der Waals surface area contributed by atoms with Crippen LogP contribution in [-0.2, 0) is 4.79 Å². The van der Waals surface area contributed by atoms with E-state index in [1.54, 1.807) is 7.11 Å². The van der Waals surface area contributed by atoms with E-state index < -0.39 is 5.97 Å². The molecule has 2 aliphatic carbocycles. The maximum Gasteiger partial charge on any atom is 0.306 e. The molecule has 0 radical (unpaired) electrons. The minimum absolute atomic E-state index is 0.185. The lowest BCUT2D eigenvalue weighted by Gasteiger charge is -2.26. The van der Waals surface area contributed by atoms with Crippen molar-refractivity contribution in [3.05, 3.63) is 53.1 Å². The molecule has 1 aromatic rings. The second kappa shape index (κ2) is 7.03. The number of carboxylic acid groups (broad SMARTS) is 1. The Balaban J connectivity index is 1.63. The van der Waals surface area contributed by atoms with Gasteiger partial charge in [-0.15, -0.1) is 0 Å². The van der Waals surface area contributed by atoms with Gasteiger partial charge in [-0.2, -0.15) is 0 Å². The van der Waals surface area contributed by atoms with Crippen molar-refractivity contribution in [1.82, 2.24) is 0 Å². The van der Waals surface area contributed by atoms with Crippen molar-refractivity contribution in [2.45, 2.75) is 44.4 Å². The molecular formula is C20H24O3. The first kappa shape index (κ1) is 15.9. The fraction of sp³-hybridized carbons (Fsp3) is 0.450. The first-order valence-electron chi connectivity index (χ1n) is 8.42. The van der Waals surface area contributed by atoms with Crippen LogP contribution in [0.5, 0.6) is 5.75 Å². The zero-order chi connectivity index (χ0) is 16.2. The summed E-state index contributed by atoms with van der Waals surface area (Å²) in [5.41, 5.74) is 4.21. The van der Waals surface area contributed by atoms with E-state index >= 15 is 0 Å². The van der Waals surface area contributed by atoms with Crippen LogP contribution in [0.15, 0.2) is 47.6 Å². The van der Waals surface area contributed by atoms with Gasteiger partial charge in [-0.3, -0.25) is 4.79 Å². The second-order valence-electron chi connectivity index (χ2n) is 6.51. The molecule has 2 unspecified atom stereocenters. The van der Waals surface area contributed by atoms with Gasteiger partial charge in [0.1, 0.15) is 5.75 Å². The zero-order valence-electron chi connectivity index (χ0n) is 13.6. The van der Waals surface area contributed by atoms with Crippen LogP contribution in [-0.4, -0.2) is 18.2 Å². The maximum absolute atomic E-state index is 11.0. The van der Waals surface area contributed by atoms with Gasteiger partial charge in [0.2, 0.25) is 0 Å². The molecule has 0 heterocycles. The van der Waals surface area contributed by atoms with Crippen molar-refractivity contribution >= 4 is 5.97 Å². The molecule has 0 saturated carbocycles. The average molecular weight is 312 g/mol. The Morgan fingerprint density at radius 1 is 1.04 bits per heavy atom. The number of rotatable bonds is 4. The van der Waals surface area contributed by atoms with Gasteiger partial charge in [-0.1, -0.05) is 24.3 Å². The molecule has 2 atom stereocenters. The first-order valence-corrected chi connectivity index (χ1v) is 8.42. The van der Waals surface area contributed by atoms with Crippen LogP contribution in [0.1, 0.15) is 50.0 Å². The van der Waals surface area contributed by atoms with Gasteiger partial charge in [0.15, 0.2) is 0 Å². The summed E-state index contributed by atoms with van der Waals surface area (Å²) in [6.07, 6.45) is 10.2. The molecule has 0 spiro atoms. The number of ether oxygens (including phenoxy) is 1. The summed E-state index contributed by atoms with van der Waals surface area (Å²) in [7, 11) is 1.69. The van der Waals surface area contributed by atoms with E-state index in [4.69, 9.17) is 9.84 Å². The van der Waals surface area contributed by atoms with Crippen molar-refractivity contribution < 1.29 is 14.6 Å². The highest BCUT2D eigenvalue weighted by Crippen LogP contribution is 2.38. The lowest BCUT2D eigenvalue weighted by molar-refractivity contribution is -0.141. The number of carbonyl (C=O) groups is 1. The molecule has 1 aromatic carbocycles. The monoisotopic (exact) mass is 312 g/mol. The Bertz CT molecular complexity index is 625. The molecule has 0 aromatic heterocycles. The molecule has 0 saturated heterocycles. The molecule has 2 aliphatic rings. The van der Waals surface area contributed by atoms with E-state index in [2.05, 4.69) is 24.3 Å². The minimum atomic E-state index is -0.655. The third-order valence-electron chi connectivity index (χ3n) is 5.17. The third kappa shape index (κ3) is 3.66. The van der Waals surface area contributed by atoms with Crippen LogP contribution in [0.2, 0.25) is 0 Å². The molecule has 3 heteroatoms. The van der Waals surface area contributed by atoms with Crippen LogP contribution < -0.4 is 4.74 Å². The van der Waals surface area contributed by atoms with Crippen LogP contribution in [0.25, 0.3) is 0 Å². The first-order chi connectivity index (χ1) is 11.2. The Morgan fingerprint density at radius 2 is 1.70 bits per heavy atom. The predicted octanol–water partition coefficient (Wildman–Crippen LogP) is 4.70. The largest absolute Gasteiger partial charge is 0.497 e. The molecule has 0 amide bonds. The van der Waals surface area contributed by atoms with Gasteiger partial charge in [0.05, 0.1) is 13.0 Å². The van der Waals surface area contributed by atoms with Gasteiger partial charge in [-0.05, 0) is 73.3 Å². The number of methoxy groups -OCH3 is 1. The fourth-order valence-corrected chi connectivity index (χ4v) is 3.65. The van der Waals surface area contributed by atoms with Gasteiger partial charge in [0, 0.05) is 0 Å². The number of hydrogen-bond donors (Lipinski definition) is 1. The van der Waals surface area contributed by atoms with E-state index in [1.807, 2.05) is 12.1 Å². The molecule has 1 N–H and O–H groups in total. The number of carboxylic acids is 1. The standard InChI is InChI=1S/C20H24O3/c1-23-19-12-10-17(11-13-19)15-4-2-14(3-5-15)16-6-8-18(9-7-16)20(21)22/h2,6,10-13,15,18H,3-5,7-9H2,1H3,(H,21,22). The molecule has 0 fully saturated rings. The number of allylic oxidation sites excluding steroid dienone is 4. The lowest BCUT2D eigenvalue weighted by Crippen LogP contribution is -2.17. The highest BCUT2D eigenvalue weighted by Gasteiger charge is 2.24. The highest BCUT2D eigenvalue weighted by molar-refractivity contribution is 5.70. The summed E-state index contributed by atoms with van der Waals surface area (Å²) >= 11 is 0. The van der Waals surface area contributed by atoms with Crippen LogP contribution in [0, 0.1) is 5.92 Å². The van der Waals surface area contributed by atoms with E-state index in [9.17, 15) is 4.79 Å². The molecule has 0 bridgehead atoms. The Kier molecular flexibility index (Phi) is 4.85. The third-order valence-corrected chi connectivity index (χ3v) is 5.17. The number of benzene rings is 1. The van der Waals surface area contributed by atoms with Crippen molar-refractivity contribution in [3.8, 4) is 5.75 Å².